The molecule has 0 saturated carbocycles. The molecule has 0 aliphatic carbocycles. The highest BCUT2D eigenvalue weighted by Crippen LogP contribution is 2.27. The number of carbonyl (C=O) groups excluding carboxylic acids is 1. The highest BCUT2D eigenvalue weighted by molar-refractivity contribution is 7.13. The van der Waals surface area contributed by atoms with Crippen molar-refractivity contribution in [1.82, 2.24) is 15.2 Å². The molecule has 1 saturated heterocycles. The molecule has 5 nitrogen and oxygen atoms in total. The molecule has 2 aromatic rings. The van der Waals surface area contributed by atoms with Crippen molar-refractivity contribution in [2.24, 2.45) is 5.92 Å². The lowest BCUT2D eigenvalue weighted by molar-refractivity contribution is 0.0941. The number of rotatable bonds is 8. The van der Waals surface area contributed by atoms with Crippen molar-refractivity contribution in [3.05, 3.63) is 45.4 Å². The van der Waals surface area contributed by atoms with Gasteiger partial charge in [-0.25, -0.2) is 4.98 Å². The molecule has 6 heteroatoms. The number of carbonyl (C=O) groups is 1. The van der Waals surface area contributed by atoms with Crippen LogP contribution in [0.15, 0.2) is 24.3 Å². The van der Waals surface area contributed by atoms with Crippen LogP contribution in [0.4, 0.5) is 0 Å². The Bertz CT molecular complexity index is 797. The second-order valence-corrected chi connectivity index (χ2v) is 8.95. The number of amides is 1. The van der Waals surface area contributed by atoms with Gasteiger partial charge in [-0.15, -0.1) is 11.3 Å². The Morgan fingerprint density at radius 1 is 1.32 bits per heavy atom. The van der Waals surface area contributed by atoms with Crippen LogP contribution in [0.3, 0.4) is 0 Å². The summed E-state index contributed by atoms with van der Waals surface area (Å²) in [5.74, 6) is 1.37. The van der Waals surface area contributed by atoms with Gasteiger partial charge in [-0.1, -0.05) is 26.0 Å². The van der Waals surface area contributed by atoms with Gasteiger partial charge in [0.1, 0.15) is 10.6 Å². The van der Waals surface area contributed by atoms with Gasteiger partial charge in [0.15, 0.2) is 0 Å². The highest BCUT2D eigenvalue weighted by Gasteiger charge is 2.25. The molecule has 1 fully saturated rings. The van der Waals surface area contributed by atoms with Gasteiger partial charge < -0.3 is 10.1 Å². The zero-order valence-corrected chi connectivity index (χ0v) is 18.1. The third kappa shape index (κ3) is 5.11. The fraction of sp³-hybridized carbons (Fsp3) is 0.545. The summed E-state index contributed by atoms with van der Waals surface area (Å²) in [5, 5.41) is 4.21. The van der Waals surface area contributed by atoms with Crippen molar-refractivity contribution in [2.75, 3.05) is 26.7 Å². The maximum Gasteiger partial charge on any atom is 0.263 e. The van der Waals surface area contributed by atoms with E-state index >= 15 is 0 Å². The van der Waals surface area contributed by atoms with Gasteiger partial charge in [0.25, 0.3) is 5.91 Å². The number of hydrogen-bond donors (Lipinski definition) is 1. The van der Waals surface area contributed by atoms with Gasteiger partial charge in [-0.3, -0.25) is 9.69 Å². The average molecular weight is 402 g/mol. The van der Waals surface area contributed by atoms with E-state index in [1.54, 1.807) is 7.11 Å². The fourth-order valence-electron chi connectivity index (χ4n) is 3.73. The van der Waals surface area contributed by atoms with Crippen LogP contribution >= 0.6 is 11.3 Å². The lowest BCUT2D eigenvalue weighted by Crippen LogP contribution is -2.36. The topological polar surface area (TPSA) is 54.5 Å². The number of ether oxygens (including phenoxy) is 1. The van der Waals surface area contributed by atoms with Gasteiger partial charge in [-0.2, -0.15) is 0 Å². The maximum atomic E-state index is 12.9. The minimum atomic E-state index is -0.0166. The molecule has 1 aromatic heterocycles. The molecule has 3 rings (SSSR count). The minimum Gasteiger partial charge on any atom is -0.497 e. The summed E-state index contributed by atoms with van der Waals surface area (Å²) in [6.45, 7) is 8.99. The summed E-state index contributed by atoms with van der Waals surface area (Å²) in [5.41, 5.74) is 2.01. The highest BCUT2D eigenvalue weighted by atomic mass is 32.1. The number of hydrogen-bond acceptors (Lipinski definition) is 5. The second-order valence-electron chi connectivity index (χ2n) is 7.87. The zero-order valence-electron chi connectivity index (χ0n) is 17.3. The van der Waals surface area contributed by atoms with Crippen LogP contribution < -0.4 is 10.1 Å². The first-order valence-corrected chi connectivity index (χ1v) is 10.9. The van der Waals surface area contributed by atoms with E-state index in [-0.39, 0.29) is 11.9 Å². The Morgan fingerprint density at radius 2 is 2.07 bits per heavy atom. The molecule has 0 bridgehead atoms. The Kier molecular flexibility index (Phi) is 7.08. The van der Waals surface area contributed by atoms with Crippen LogP contribution in [-0.2, 0) is 6.42 Å². The van der Waals surface area contributed by atoms with Crippen LogP contribution in [0.1, 0.15) is 58.7 Å². The smallest absolute Gasteiger partial charge is 0.263 e. The first-order valence-electron chi connectivity index (χ1n) is 10.1. The summed E-state index contributed by atoms with van der Waals surface area (Å²) in [4.78, 5) is 20.6. The Hall–Kier alpha value is -1.92. The zero-order chi connectivity index (χ0) is 20.1. The molecule has 1 unspecified atom stereocenters. The minimum absolute atomic E-state index is 0.0166. The molecular formula is C22H31N3O2S. The van der Waals surface area contributed by atoms with Crippen molar-refractivity contribution in [2.45, 2.75) is 46.1 Å². The van der Waals surface area contributed by atoms with Crippen molar-refractivity contribution < 1.29 is 9.53 Å². The summed E-state index contributed by atoms with van der Waals surface area (Å²) in [6, 6.07) is 8.33. The number of nitrogens with zero attached hydrogens (tertiary/aromatic N) is 2. The Balaban J connectivity index is 1.72. The Labute approximate surface area is 172 Å². The molecular weight excluding hydrogens is 370 g/mol. The molecule has 1 atom stereocenters. The molecule has 1 amide bonds. The SMILES string of the molecule is COc1cccc(C(CNC(=O)c2sc(CC(C)C)nc2C)N2CCCC2)c1. The summed E-state index contributed by atoms with van der Waals surface area (Å²) in [7, 11) is 1.69. The normalized spacial score (nSPS) is 15.8. The van der Waals surface area contributed by atoms with Crippen molar-refractivity contribution in [3.8, 4) is 5.75 Å². The third-order valence-corrected chi connectivity index (χ3v) is 6.32. The molecule has 1 N–H and O–H groups in total. The second kappa shape index (κ2) is 9.52. The quantitative estimate of drug-likeness (QED) is 0.719. The number of thiazole rings is 1. The van der Waals surface area contributed by atoms with Gasteiger partial charge in [0, 0.05) is 13.0 Å². The van der Waals surface area contributed by atoms with Gasteiger partial charge in [0.05, 0.1) is 23.9 Å². The molecule has 0 radical (unpaired) electrons. The number of aromatic nitrogens is 1. The monoisotopic (exact) mass is 401 g/mol. The maximum absolute atomic E-state index is 12.9. The van der Waals surface area contributed by atoms with Crippen LogP contribution in [-0.4, -0.2) is 42.5 Å². The molecule has 28 heavy (non-hydrogen) atoms. The number of aryl methyl sites for hydroxylation is 1. The van der Waals surface area contributed by atoms with E-state index in [4.69, 9.17) is 4.74 Å². The predicted molar refractivity (Wildman–Crippen MR) is 114 cm³/mol. The van der Waals surface area contributed by atoms with Gasteiger partial charge in [-0.05, 0) is 56.5 Å². The van der Waals surface area contributed by atoms with Crippen LogP contribution in [0.5, 0.6) is 5.75 Å². The average Bonchev–Trinajstić information content (AvgIpc) is 3.31. The van der Waals surface area contributed by atoms with E-state index in [1.165, 1.54) is 29.7 Å². The van der Waals surface area contributed by atoms with E-state index < -0.39 is 0 Å². The van der Waals surface area contributed by atoms with E-state index in [1.807, 2.05) is 19.1 Å². The molecule has 1 aromatic carbocycles. The van der Waals surface area contributed by atoms with Crippen molar-refractivity contribution >= 4 is 17.2 Å². The lowest BCUT2D eigenvalue weighted by Gasteiger charge is -2.28. The summed E-state index contributed by atoms with van der Waals surface area (Å²) >= 11 is 1.52. The van der Waals surface area contributed by atoms with Crippen molar-refractivity contribution in [3.63, 3.8) is 0 Å². The van der Waals surface area contributed by atoms with E-state index in [0.29, 0.717) is 12.5 Å². The van der Waals surface area contributed by atoms with Crippen LogP contribution in [0, 0.1) is 12.8 Å². The first kappa shape index (κ1) is 20.8. The number of nitrogens with one attached hydrogen (secondary N) is 1. The first-order chi connectivity index (χ1) is 13.5. The Morgan fingerprint density at radius 3 is 2.75 bits per heavy atom. The molecule has 1 aliphatic heterocycles. The van der Waals surface area contributed by atoms with E-state index in [2.05, 4.69) is 41.2 Å². The fourth-order valence-corrected chi connectivity index (χ4v) is 4.92. The molecule has 1 aliphatic rings. The van der Waals surface area contributed by atoms with E-state index in [0.717, 1.165) is 40.8 Å². The van der Waals surface area contributed by atoms with Gasteiger partial charge in [0.2, 0.25) is 0 Å². The lowest BCUT2D eigenvalue weighted by atomic mass is 10.0. The predicted octanol–water partition coefficient (Wildman–Crippen LogP) is 4.23. The van der Waals surface area contributed by atoms with Crippen LogP contribution in [0.25, 0.3) is 0 Å². The third-order valence-electron chi connectivity index (χ3n) is 5.15. The summed E-state index contributed by atoms with van der Waals surface area (Å²) < 4.78 is 5.40. The molecule has 0 spiro atoms. The largest absolute Gasteiger partial charge is 0.497 e. The standard InChI is InChI=1S/C22H31N3O2S/c1-15(2)12-20-24-16(3)21(28-20)22(26)23-14-19(25-10-5-6-11-25)17-8-7-9-18(13-17)27-4/h7-9,13,15,19H,5-6,10-12,14H2,1-4H3,(H,23,26). The number of methoxy groups -OCH3 is 1. The summed E-state index contributed by atoms with van der Waals surface area (Å²) in [6.07, 6.45) is 3.33. The molecule has 152 valence electrons. The molecule has 2 heterocycles. The van der Waals surface area contributed by atoms with Crippen LogP contribution in [0.2, 0.25) is 0 Å². The van der Waals surface area contributed by atoms with Crippen molar-refractivity contribution in [1.29, 1.82) is 0 Å². The number of likely N-dealkylation sites (tertiary alicyclic amines) is 1. The van der Waals surface area contributed by atoms with Gasteiger partial charge >= 0.3 is 0 Å². The number of benzene rings is 1. The van der Waals surface area contributed by atoms with E-state index in [9.17, 15) is 4.79 Å².